The van der Waals surface area contributed by atoms with Crippen molar-refractivity contribution in [2.45, 2.75) is 19.4 Å². The topological polar surface area (TPSA) is 95.7 Å². The quantitative estimate of drug-likeness (QED) is 0.523. The van der Waals surface area contributed by atoms with Crippen LogP contribution in [0.3, 0.4) is 0 Å². The van der Waals surface area contributed by atoms with Gasteiger partial charge < -0.3 is 15.1 Å². The van der Waals surface area contributed by atoms with Gasteiger partial charge in [0.2, 0.25) is 11.8 Å². The second kappa shape index (κ2) is 8.34. The molecule has 0 radical (unpaired) electrons. The van der Waals surface area contributed by atoms with E-state index in [0.29, 0.717) is 23.0 Å². The van der Waals surface area contributed by atoms with Gasteiger partial charge in [0.1, 0.15) is 12.1 Å². The Morgan fingerprint density at radius 2 is 1.91 bits per heavy atom. The van der Waals surface area contributed by atoms with E-state index < -0.39 is 0 Å². The summed E-state index contributed by atoms with van der Waals surface area (Å²) in [5.41, 5.74) is 3.02. The van der Waals surface area contributed by atoms with E-state index in [1.165, 1.54) is 6.33 Å². The molecule has 0 bridgehead atoms. The molecule has 0 saturated heterocycles. The van der Waals surface area contributed by atoms with E-state index in [9.17, 15) is 9.59 Å². The second-order valence-electron chi connectivity index (χ2n) is 8.08. The van der Waals surface area contributed by atoms with E-state index in [4.69, 9.17) is 0 Å². The van der Waals surface area contributed by atoms with Gasteiger partial charge in [0, 0.05) is 31.1 Å². The molecular weight excluding hydrogens is 418 g/mol. The number of hydrogen-bond acceptors (Lipinski definition) is 6. The Balaban J connectivity index is 1.49. The summed E-state index contributed by atoms with van der Waals surface area (Å²) < 4.78 is 1.62. The molecule has 2 amide bonds. The predicted molar refractivity (Wildman–Crippen MR) is 126 cm³/mol. The molecule has 0 fully saturated rings. The van der Waals surface area contributed by atoms with Crippen LogP contribution in [0, 0.1) is 0 Å². The van der Waals surface area contributed by atoms with Crippen molar-refractivity contribution in [2.24, 2.45) is 0 Å². The summed E-state index contributed by atoms with van der Waals surface area (Å²) in [6, 6.07) is 18.8. The van der Waals surface area contributed by atoms with Gasteiger partial charge in [-0.1, -0.05) is 42.5 Å². The lowest BCUT2D eigenvalue weighted by atomic mass is 10.1. The van der Waals surface area contributed by atoms with Crippen LogP contribution in [0.1, 0.15) is 13.3 Å². The molecule has 1 aliphatic rings. The Morgan fingerprint density at radius 1 is 1.15 bits per heavy atom. The minimum absolute atomic E-state index is 0.0834. The third-order valence-electron chi connectivity index (χ3n) is 5.69. The largest absolute Gasteiger partial charge is 0.350 e. The number of rotatable bonds is 4. The predicted octanol–water partition coefficient (Wildman–Crippen LogP) is 2.99. The van der Waals surface area contributed by atoms with E-state index >= 15 is 0 Å². The van der Waals surface area contributed by atoms with Crippen LogP contribution < -0.4 is 15.1 Å². The smallest absolute Gasteiger partial charge is 0.254 e. The van der Waals surface area contributed by atoms with Crippen LogP contribution >= 0.6 is 0 Å². The maximum Gasteiger partial charge on any atom is 0.254 e. The minimum atomic E-state index is -0.279. The Kier molecular flexibility index (Phi) is 5.21. The molecule has 1 N–H and O–H groups in total. The Hall–Kier alpha value is -4.27. The molecule has 1 aliphatic heterocycles. The van der Waals surface area contributed by atoms with Gasteiger partial charge in [-0.3, -0.25) is 9.59 Å². The summed E-state index contributed by atoms with van der Waals surface area (Å²) >= 11 is 0. The number of para-hydroxylation sites is 2. The van der Waals surface area contributed by atoms with Crippen LogP contribution in [0.25, 0.3) is 17.0 Å². The van der Waals surface area contributed by atoms with Crippen molar-refractivity contribution >= 4 is 34.8 Å². The highest BCUT2D eigenvalue weighted by atomic mass is 16.2. The first-order chi connectivity index (χ1) is 16.0. The first kappa shape index (κ1) is 20.6. The van der Waals surface area contributed by atoms with Gasteiger partial charge in [-0.2, -0.15) is 14.6 Å². The molecule has 9 nitrogen and oxygen atoms in total. The van der Waals surface area contributed by atoms with Crippen molar-refractivity contribution < 1.29 is 9.59 Å². The summed E-state index contributed by atoms with van der Waals surface area (Å²) in [4.78, 5) is 38.2. The van der Waals surface area contributed by atoms with Crippen molar-refractivity contribution in [2.75, 3.05) is 28.7 Å². The summed E-state index contributed by atoms with van der Waals surface area (Å²) in [6.45, 7) is 1.97. The molecule has 5 rings (SSSR count). The number of benzene rings is 2. The van der Waals surface area contributed by atoms with Crippen molar-refractivity contribution in [3.63, 3.8) is 0 Å². The molecule has 4 aromatic rings. The fraction of sp³-hybridized carbons (Fsp3) is 0.208. The SMILES string of the molecule is CC1CC(=O)Nc2ccccc2N1C(=O)CN(C)c1cc(-c2ccccc2)nc2ncnn12. The second-order valence-corrected chi connectivity index (χ2v) is 8.08. The minimum Gasteiger partial charge on any atom is -0.350 e. The standard InChI is InChI=1S/C24H23N7O2/c1-16-12-21(32)27-18-10-6-7-11-20(18)30(16)23(33)14-29(2)22-13-19(17-8-4-3-5-9-17)28-24-25-15-26-31(22)24/h3-11,13,15-16H,12,14H2,1-2H3,(H,27,32). The molecule has 0 saturated carbocycles. The van der Waals surface area contributed by atoms with Gasteiger partial charge in [0.25, 0.3) is 5.78 Å². The van der Waals surface area contributed by atoms with Gasteiger partial charge in [-0.05, 0) is 19.1 Å². The average molecular weight is 441 g/mol. The molecule has 1 atom stereocenters. The van der Waals surface area contributed by atoms with Gasteiger partial charge in [0.05, 0.1) is 23.6 Å². The number of carbonyl (C=O) groups excluding carboxylic acids is 2. The molecule has 33 heavy (non-hydrogen) atoms. The monoisotopic (exact) mass is 441 g/mol. The molecule has 1 unspecified atom stereocenters. The summed E-state index contributed by atoms with van der Waals surface area (Å²) in [7, 11) is 1.83. The van der Waals surface area contributed by atoms with Crippen molar-refractivity contribution in [3.8, 4) is 11.3 Å². The Labute approximate surface area is 190 Å². The first-order valence-corrected chi connectivity index (χ1v) is 10.7. The molecular formula is C24H23N7O2. The Bertz CT molecular complexity index is 1340. The van der Waals surface area contributed by atoms with Gasteiger partial charge in [-0.25, -0.2) is 4.98 Å². The van der Waals surface area contributed by atoms with Crippen LogP contribution in [-0.4, -0.2) is 51.0 Å². The fourth-order valence-electron chi connectivity index (χ4n) is 4.15. The zero-order valence-electron chi connectivity index (χ0n) is 18.3. The highest BCUT2D eigenvalue weighted by Gasteiger charge is 2.30. The number of aromatic nitrogens is 4. The van der Waals surface area contributed by atoms with Crippen LogP contribution in [-0.2, 0) is 9.59 Å². The average Bonchev–Trinajstić information content (AvgIpc) is 3.24. The van der Waals surface area contributed by atoms with Crippen LogP contribution in [0.15, 0.2) is 67.0 Å². The number of carbonyl (C=O) groups is 2. The normalized spacial score (nSPS) is 15.6. The van der Waals surface area contributed by atoms with E-state index in [1.807, 2.05) is 79.5 Å². The molecule has 0 spiro atoms. The summed E-state index contributed by atoms with van der Waals surface area (Å²) in [5.74, 6) is 0.911. The maximum absolute atomic E-state index is 13.5. The summed E-state index contributed by atoms with van der Waals surface area (Å²) in [6.07, 6.45) is 1.67. The van der Waals surface area contributed by atoms with Crippen LogP contribution in [0.5, 0.6) is 0 Å². The number of nitrogens with zero attached hydrogens (tertiary/aromatic N) is 6. The number of hydrogen-bond donors (Lipinski definition) is 1. The maximum atomic E-state index is 13.5. The van der Waals surface area contributed by atoms with E-state index in [0.717, 1.165) is 11.3 Å². The number of anilines is 3. The van der Waals surface area contributed by atoms with E-state index in [-0.39, 0.29) is 30.8 Å². The number of nitrogens with one attached hydrogen (secondary N) is 1. The van der Waals surface area contributed by atoms with E-state index in [1.54, 1.807) is 9.42 Å². The van der Waals surface area contributed by atoms with Crippen LogP contribution in [0.4, 0.5) is 17.2 Å². The molecule has 0 aliphatic carbocycles. The zero-order valence-corrected chi connectivity index (χ0v) is 18.3. The van der Waals surface area contributed by atoms with Gasteiger partial charge >= 0.3 is 0 Å². The van der Waals surface area contributed by atoms with Crippen LogP contribution in [0.2, 0.25) is 0 Å². The lowest BCUT2D eigenvalue weighted by molar-refractivity contribution is -0.118. The number of fused-ring (bicyclic) bond motifs is 2. The van der Waals surface area contributed by atoms with Crippen molar-refractivity contribution in [1.82, 2.24) is 19.6 Å². The molecule has 2 aromatic heterocycles. The third-order valence-corrected chi connectivity index (χ3v) is 5.69. The summed E-state index contributed by atoms with van der Waals surface area (Å²) in [5, 5.41) is 7.18. The number of likely N-dealkylation sites (N-methyl/N-ethyl adjacent to an activating group) is 1. The number of amides is 2. The third kappa shape index (κ3) is 3.89. The fourth-order valence-corrected chi connectivity index (χ4v) is 4.15. The van der Waals surface area contributed by atoms with Gasteiger partial charge in [0.15, 0.2) is 0 Å². The highest BCUT2D eigenvalue weighted by molar-refractivity contribution is 6.05. The zero-order chi connectivity index (χ0) is 22.9. The molecule has 166 valence electrons. The van der Waals surface area contributed by atoms with E-state index in [2.05, 4.69) is 20.4 Å². The highest BCUT2D eigenvalue weighted by Crippen LogP contribution is 2.31. The lowest BCUT2D eigenvalue weighted by Gasteiger charge is -2.30. The molecule has 2 aromatic carbocycles. The first-order valence-electron chi connectivity index (χ1n) is 10.7. The molecule has 3 heterocycles. The Morgan fingerprint density at radius 3 is 2.73 bits per heavy atom. The lowest BCUT2D eigenvalue weighted by Crippen LogP contribution is -2.44. The van der Waals surface area contributed by atoms with Crippen molar-refractivity contribution in [1.29, 1.82) is 0 Å². The van der Waals surface area contributed by atoms with Crippen molar-refractivity contribution in [3.05, 3.63) is 67.0 Å². The molecule has 9 heteroatoms. The van der Waals surface area contributed by atoms with Gasteiger partial charge in [-0.15, -0.1) is 0 Å².